The fourth-order valence-electron chi connectivity index (χ4n) is 1.04. The van der Waals surface area contributed by atoms with E-state index in [4.69, 9.17) is 0 Å². The Hall–Kier alpha value is 1.12. The first-order valence-corrected chi connectivity index (χ1v) is 4.34. The second kappa shape index (κ2) is 4.22. The van der Waals surface area contributed by atoms with Gasteiger partial charge in [0, 0.05) is 32.7 Å². The monoisotopic (exact) mass is 232 g/mol. The van der Waals surface area contributed by atoms with Crippen molar-refractivity contribution < 1.29 is 37.5 Å². The van der Waals surface area contributed by atoms with Crippen LogP contribution in [-0.4, -0.2) is 16.8 Å². The molecule has 0 saturated heterocycles. The third kappa shape index (κ3) is 2.05. The smallest absolute Gasteiger partial charge is 0.116 e. The molecule has 1 saturated carbocycles. The molecule has 1 fully saturated rings. The van der Waals surface area contributed by atoms with Crippen molar-refractivity contribution in [1.29, 1.82) is 0 Å². The van der Waals surface area contributed by atoms with E-state index in [9.17, 15) is 4.79 Å². The molecule has 0 aromatic carbocycles. The van der Waals surface area contributed by atoms with Crippen LogP contribution < -0.4 is 0 Å². The van der Waals surface area contributed by atoms with Crippen molar-refractivity contribution in [3.63, 3.8) is 0 Å². The van der Waals surface area contributed by atoms with Crippen LogP contribution in [0.5, 0.6) is 0 Å². The molecule has 1 nitrogen and oxygen atoms in total. The Bertz CT molecular complexity index is 138. The van der Waals surface area contributed by atoms with Crippen molar-refractivity contribution in [2.75, 3.05) is 6.26 Å². The summed E-state index contributed by atoms with van der Waals surface area (Å²) < 4.78 is -0.153. The molecule has 1 aliphatic rings. The molecule has 1 radical (unpaired) electrons. The predicted octanol–water partition coefficient (Wildman–Crippen LogP) is 1.67. The van der Waals surface area contributed by atoms with Gasteiger partial charge in [-0.1, -0.05) is 11.7 Å². The molecule has 1 unspecified atom stereocenters. The van der Waals surface area contributed by atoms with E-state index in [0.29, 0.717) is 5.78 Å². The van der Waals surface area contributed by atoms with Gasteiger partial charge < -0.3 is 11.2 Å². The van der Waals surface area contributed by atoms with Crippen molar-refractivity contribution in [3.05, 3.63) is 6.42 Å². The molecular weight excluding hydrogens is 221 g/mol. The average Bonchev–Trinajstić information content (AvgIpc) is 2.15. The number of rotatable bonds is 1. The van der Waals surface area contributed by atoms with Gasteiger partial charge in [-0.05, 0) is 12.7 Å². The van der Waals surface area contributed by atoms with Gasteiger partial charge in [0.25, 0.3) is 0 Å². The third-order valence-corrected chi connectivity index (χ3v) is 3.13. The van der Waals surface area contributed by atoms with E-state index >= 15 is 0 Å². The molecule has 0 spiro atoms. The second-order valence-electron chi connectivity index (χ2n) is 2.48. The standard InChI is InChI=1S/C7H11OS.Y/c1-7(9-2)5-3-4-6(7)8;/h5H,3-4H2,1-2H3;/q-1;. The molecule has 0 heterocycles. The van der Waals surface area contributed by atoms with Crippen LogP contribution in [0.1, 0.15) is 19.8 Å². The summed E-state index contributed by atoms with van der Waals surface area (Å²) >= 11 is 1.64. The van der Waals surface area contributed by atoms with E-state index in [-0.39, 0.29) is 37.5 Å². The van der Waals surface area contributed by atoms with Gasteiger partial charge in [-0.2, -0.15) is 18.2 Å². The van der Waals surface area contributed by atoms with Crippen LogP contribution in [0.3, 0.4) is 0 Å². The van der Waals surface area contributed by atoms with E-state index in [2.05, 4.69) is 6.42 Å². The molecule has 0 N–H and O–H groups in total. The van der Waals surface area contributed by atoms with Crippen LogP contribution in [-0.2, 0) is 37.5 Å². The number of ketones is 1. The minimum Gasteiger partial charge on any atom is -0.305 e. The summed E-state index contributed by atoms with van der Waals surface area (Å²) in [5.41, 5.74) is 0. The van der Waals surface area contributed by atoms with Gasteiger partial charge >= 0.3 is 0 Å². The fourth-order valence-corrected chi connectivity index (χ4v) is 1.65. The van der Waals surface area contributed by atoms with Gasteiger partial charge in [0.2, 0.25) is 0 Å². The van der Waals surface area contributed by atoms with E-state index in [1.165, 1.54) is 0 Å². The van der Waals surface area contributed by atoms with Crippen LogP contribution in [0.2, 0.25) is 0 Å². The summed E-state index contributed by atoms with van der Waals surface area (Å²) in [5.74, 6) is 0.384. The van der Waals surface area contributed by atoms with Crippen molar-refractivity contribution in [2.24, 2.45) is 0 Å². The Morgan fingerprint density at radius 2 is 2.30 bits per heavy atom. The quantitative estimate of drug-likeness (QED) is 0.640. The number of Topliss-reactive ketones (excluding diaryl/α,β-unsaturated/α-hetero) is 1. The molecule has 0 bridgehead atoms. The summed E-state index contributed by atoms with van der Waals surface area (Å²) in [6, 6.07) is 0. The van der Waals surface area contributed by atoms with Crippen molar-refractivity contribution in [3.8, 4) is 0 Å². The molecule has 0 aromatic rings. The zero-order valence-electron chi connectivity index (χ0n) is 6.39. The first kappa shape index (κ1) is 11.1. The molecule has 3 heteroatoms. The second-order valence-corrected chi connectivity index (χ2v) is 3.73. The fraction of sp³-hybridized carbons (Fsp3) is 0.714. The summed E-state index contributed by atoms with van der Waals surface area (Å²) in [4.78, 5) is 11.1. The topological polar surface area (TPSA) is 17.1 Å². The maximum Gasteiger partial charge on any atom is 0.116 e. The van der Waals surface area contributed by atoms with E-state index in [0.717, 1.165) is 12.8 Å². The Kier molecular flexibility index (Phi) is 4.70. The van der Waals surface area contributed by atoms with Crippen LogP contribution >= 0.6 is 11.8 Å². The zero-order valence-corrected chi connectivity index (χ0v) is 10.0. The summed E-state index contributed by atoms with van der Waals surface area (Å²) in [5, 5.41) is 0. The number of hydrogen-bond donors (Lipinski definition) is 0. The van der Waals surface area contributed by atoms with Crippen LogP contribution in [0.25, 0.3) is 0 Å². The van der Waals surface area contributed by atoms with E-state index in [1.54, 1.807) is 11.8 Å². The summed E-state index contributed by atoms with van der Waals surface area (Å²) in [6.45, 7) is 1.99. The van der Waals surface area contributed by atoms with Crippen LogP contribution in [0, 0.1) is 6.42 Å². The Labute approximate surface area is 91.6 Å². The van der Waals surface area contributed by atoms with Gasteiger partial charge in [0.1, 0.15) is 5.78 Å². The van der Waals surface area contributed by atoms with Crippen molar-refractivity contribution in [1.82, 2.24) is 0 Å². The Morgan fingerprint density at radius 1 is 1.70 bits per heavy atom. The first-order valence-electron chi connectivity index (χ1n) is 3.12. The van der Waals surface area contributed by atoms with E-state index in [1.807, 2.05) is 13.2 Å². The van der Waals surface area contributed by atoms with Crippen LogP contribution in [0.15, 0.2) is 0 Å². The van der Waals surface area contributed by atoms with Crippen molar-refractivity contribution >= 4 is 17.5 Å². The molecule has 1 aliphatic carbocycles. The normalized spacial score (nSPS) is 32.0. The minimum atomic E-state index is -0.153. The third-order valence-electron chi connectivity index (χ3n) is 1.88. The summed E-state index contributed by atoms with van der Waals surface area (Å²) in [7, 11) is 0. The molecule has 55 valence electrons. The maximum atomic E-state index is 11.1. The largest absolute Gasteiger partial charge is 0.305 e. The number of carbonyl (C=O) groups is 1. The minimum absolute atomic E-state index is 0. The zero-order chi connectivity index (χ0) is 6.91. The maximum absolute atomic E-state index is 11.1. The number of thioether (sulfide) groups is 1. The van der Waals surface area contributed by atoms with Gasteiger partial charge in [-0.15, -0.1) is 0 Å². The van der Waals surface area contributed by atoms with Gasteiger partial charge in [0.15, 0.2) is 0 Å². The molecule has 0 aromatic heterocycles. The van der Waals surface area contributed by atoms with Gasteiger partial charge in [0.05, 0.1) is 0 Å². The van der Waals surface area contributed by atoms with Crippen molar-refractivity contribution in [2.45, 2.75) is 24.5 Å². The SMILES string of the molecule is CSC1(C)[CH-]CCC1=O.[Y]. The predicted molar refractivity (Wildman–Crippen MR) is 40.5 cm³/mol. The molecule has 10 heavy (non-hydrogen) atoms. The van der Waals surface area contributed by atoms with E-state index < -0.39 is 0 Å². The van der Waals surface area contributed by atoms with Gasteiger partial charge in [-0.3, -0.25) is 0 Å². The molecule has 1 atom stereocenters. The molecule has 0 aliphatic heterocycles. The Balaban J connectivity index is 0.000000810. The summed E-state index contributed by atoms with van der Waals surface area (Å²) in [6.07, 6.45) is 5.81. The number of hydrogen-bond acceptors (Lipinski definition) is 2. The Morgan fingerprint density at radius 3 is 2.50 bits per heavy atom. The molecular formula is C7H11OSY-. The van der Waals surface area contributed by atoms with Gasteiger partial charge in [-0.25, -0.2) is 0 Å². The molecule has 0 amide bonds. The van der Waals surface area contributed by atoms with Crippen LogP contribution in [0.4, 0.5) is 0 Å². The number of carbonyl (C=O) groups excluding carboxylic acids is 1. The first-order chi connectivity index (χ1) is 4.19. The average molecular weight is 232 g/mol. The molecule has 1 rings (SSSR count).